The quantitative estimate of drug-likeness (QED) is 0.688. The van der Waals surface area contributed by atoms with Gasteiger partial charge in [0.25, 0.3) is 0 Å². The predicted molar refractivity (Wildman–Crippen MR) is 56.2 cm³/mol. The van der Waals surface area contributed by atoms with E-state index in [1.54, 1.807) is 6.20 Å². The Bertz CT molecular complexity index is 463. The Morgan fingerprint density at radius 1 is 1.29 bits per heavy atom. The fourth-order valence-corrected chi connectivity index (χ4v) is 1.63. The monoisotopic (exact) mass is 187 g/mol. The van der Waals surface area contributed by atoms with E-state index in [1.807, 2.05) is 6.07 Å². The van der Waals surface area contributed by atoms with E-state index in [0.29, 0.717) is 5.92 Å². The zero-order valence-corrected chi connectivity index (χ0v) is 8.65. The van der Waals surface area contributed by atoms with Crippen LogP contribution < -0.4 is 0 Å². The van der Waals surface area contributed by atoms with E-state index in [4.69, 9.17) is 0 Å². The molecule has 0 aliphatic carbocycles. The fraction of sp³-hybridized carbons (Fsp3) is 0.364. The van der Waals surface area contributed by atoms with Crippen molar-refractivity contribution in [1.82, 2.24) is 15.2 Å². The molecule has 2 heterocycles. The molecule has 2 aromatic heterocycles. The van der Waals surface area contributed by atoms with Crippen LogP contribution in [0.1, 0.15) is 31.0 Å². The summed E-state index contributed by atoms with van der Waals surface area (Å²) in [4.78, 5) is 4.50. The minimum atomic E-state index is 0.432. The van der Waals surface area contributed by atoms with Gasteiger partial charge >= 0.3 is 0 Å². The maximum Gasteiger partial charge on any atom is 0.182 e. The highest BCUT2D eigenvalue weighted by Gasteiger charge is 2.07. The number of rotatable bonds is 1. The molecule has 3 heteroatoms. The summed E-state index contributed by atoms with van der Waals surface area (Å²) in [5.41, 5.74) is 3.07. The minimum Gasteiger partial charge on any atom is -0.231 e. The second kappa shape index (κ2) is 3.33. The molecule has 0 bridgehead atoms. The van der Waals surface area contributed by atoms with Gasteiger partial charge in [-0.3, -0.25) is 0 Å². The first-order valence-electron chi connectivity index (χ1n) is 4.77. The average molecular weight is 187 g/mol. The van der Waals surface area contributed by atoms with Gasteiger partial charge in [-0.1, -0.05) is 13.8 Å². The Morgan fingerprint density at radius 2 is 2.07 bits per heavy atom. The van der Waals surface area contributed by atoms with Crippen LogP contribution in [0.3, 0.4) is 0 Å². The predicted octanol–water partition coefficient (Wildman–Crippen LogP) is 2.46. The number of nitrogens with zero attached hydrogens (tertiary/aromatic N) is 3. The molecule has 0 aromatic carbocycles. The van der Waals surface area contributed by atoms with Crippen molar-refractivity contribution in [3.8, 4) is 0 Å². The molecular weight excluding hydrogens is 174 g/mol. The van der Waals surface area contributed by atoms with Gasteiger partial charge in [0.1, 0.15) is 0 Å². The van der Waals surface area contributed by atoms with Crippen molar-refractivity contribution >= 4 is 11.0 Å². The molecule has 0 unspecified atom stereocenters. The Morgan fingerprint density at radius 3 is 2.79 bits per heavy atom. The van der Waals surface area contributed by atoms with Crippen LogP contribution in [0.15, 0.2) is 18.3 Å². The van der Waals surface area contributed by atoms with Crippen molar-refractivity contribution in [1.29, 1.82) is 0 Å². The second-order valence-electron chi connectivity index (χ2n) is 3.79. The number of hydrogen-bond acceptors (Lipinski definition) is 3. The van der Waals surface area contributed by atoms with Crippen LogP contribution in [0, 0.1) is 6.92 Å². The fourth-order valence-electron chi connectivity index (χ4n) is 1.63. The number of pyridine rings is 1. The SMILES string of the molecule is Cc1cc2ccnnc2nc1C(C)C. The maximum atomic E-state index is 4.50. The molecule has 0 spiro atoms. The molecule has 14 heavy (non-hydrogen) atoms. The van der Waals surface area contributed by atoms with E-state index in [0.717, 1.165) is 16.7 Å². The Labute approximate surface area is 83.2 Å². The normalized spacial score (nSPS) is 11.1. The lowest BCUT2D eigenvalue weighted by Gasteiger charge is -2.08. The van der Waals surface area contributed by atoms with Gasteiger partial charge < -0.3 is 0 Å². The van der Waals surface area contributed by atoms with Crippen LogP contribution in [0.2, 0.25) is 0 Å². The van der Waals surface area contributed by atoms with Crippen LogP contribution in [-0.4, -0.2) is 15.2 Å². The van der Waals surface area contributed by atoms with Crippen LogP contribution in [0.25, 0.3) is 11.0 Å². The third-order valence-corrected chi connectivity index (χ3v) is 2.28. The highest BCUT2D eigenvalue weighted by Crippen LogP contribution is 2.19. The van der Waals surface area contributed by atoms with Gasteiger partial charge in [-0.2, -0.15) is 5.10 Å². The van der Waals surface area contributed by atoms with Gasteiger partial charge in [0.05, 0.1) is 6.20 Å². The third-order valence-electron chi connectivity index (χ3n) is 2.28. The van der Waals surface area contributed by atoms with Crippen molar-refractivity contribution < 1.29 is 0 Å². The van der Waals surface area contributed by atoms with E-state index in [-0.39, 0.29) is 0 Å². The van der Waals surface area contributed by atoms with Crippen LogP contribution >= 0.6 is 0 Å². The summed E-state index contributed by atoms with van der Waals surface area (Å²) in [6.45, 7) is 6.36. The summed E-state index contributed by atoms with van der Waals surface area (Å²) in [6, 6.07) is 4.05. The van der Waals surface area contributed by atoms with Gasteiger partial charge in [-0.05, 0) is 30.5 Å². The highest BCUT2D eigenvalue weighted by atomic mass is 15.1. The van der Waals surface area contributed by atoms with Crippen molar-refractivity contribution in [3.63, 3.8) is 0 Å². The van der Waals surface area contributed by atoms with Crippen LogP contribution in [-0.2, 0) is 0 Å². The summed E-state index contributed by atoms with van der Waals surface area (Å²) < 4.78 is 0. The van der Waals surface area contributed by atoms with E-state index >= 15 is 0 Å². The highest BCUT2D eigenvalue weighted by molar-refractivity contribution is 5.74. The number of aromatic nitrogens is 3. The lowest BCUT2D eigenvalue weighted by molar-refractivity contribution is 0.814. The van der Waals surface area contributed by atoms with Gasteiger partial charge in [-0.25, -0.2) is 4.98 Å². The molecule has 0 N–H and O–H groups in total. The molecule has 0 radical (unpaired) electrons. The standard InChI is InChI=1S/C11H13N3/c1-7(2)10-8(3)6-9-4-5-12-14-11(9)13-10/h4-7H,1-3H3. The number of fused-ring (bicyclic) bond motifs is 1. The molecule has 3 nitrogen and oxygen atoms in total. The second-order valence-corrected chi connectivity index (χ2v) is 3.79. The van der Waals surface area contributed by atoms with Crippen LogP contribution in [0.5, 0.6) is 0 Å². The first kappa shape index (κ1) is 9.06. The lowest BCUT2D eigenvalue weighted by Crippen LogP contribution is -1.98. The largest absolute Gasteiger partial charge is 0.231 e. The van der Waals surface area contributed by atoms with Gasteiger partial charge in [0, 0.05) is 11.1 Å². The zero-order valence-electron chi connectivity index (χ0n) is 8.65. The minimum absolute atomic E-state index is 0.432. The molecule has 0 saturated heterocycles. The van der Waals surface area contributed by atoms with Gasteiger partial charge in [-0.15, -0.1) is 5.10 Å². The zero-order chi connectivity index (χ0) is 10.1. The molecule has 0 aliphatic heterocycles. The molecule has 0 saturated carbocycles. The summed E-state index contributed by atoms with van der Waals surface area (Å²) in [5, 5.41) is 8.89. The van der Waals surface area contributed by atoms with Gasteiger partial charge in [0.15, 0.2) is 5.65 Å². The smallest absolute Gasteiger partial charge is 0.182 e. The topological polar surface area (TPSA) is 38.7 Å². The molecule has 2 rings (SSSR count). The molecule has 0 aliphatic rings. The molecule has 0 atom stereocenters. The molecule has 0 fully saturated rings. The maximum absolute atomic E-state index is 4.50. The third kappa shape index (κ3) is 1.45. The summed E-state index contributed by atoms with van der Waals surface area (Å²) in [5.74, 6) is 0.432. The van der Waals surface area contributed by atoms with E-state index in [2.05, 4.69) is 42.0 Å². The Hall–Kier alpha value is -1.51. The first-order chi connectivity index (χ1) is 6.68. The van der Waals surface area contributed by atoms with E-state index in [1.165, 1.54) is 5.56 Å². The van der Waals surface area contributed by atoms with E-state index in [9.17, 15) is 0 Å². The summed E-state index contributed by atoms with van der Waals surface area (Å²) >= 11 is 0. The van der Waals surface area contributed by atoms with E-state index < -0.39 is 0 Å². The van der Waals surface area contributed by atoms with Crippen LogP contribution in [0.4, 0.5) is 0 Å². The van der Waals surface area contributed by atoms with Crippen molar-refractivity contribution in [2.45, 2.75) is 26.7 Å². The average Bonchev–Trinajstić information content (AvgIpc) is 2.16. The van der Waals surface area contributed by atoms with Crippen molar-refractivity contribution in [3.05, 3.63) is 29.6 Å². The molecular formula is C11H13N3. The first-order valence-corrected chi connectivity index (χ1v) is 4.77. The molecule has 2 aromatic rings. The summed E-state index contributed by atoms with van der Waals surface area (Å²) in [7, 11) is 0. The Kier molecular flexibility index (Phi) is 2.15. The summed E-state index contributed by atoms with van der Waals surface area (Å²) in [6.07, 6.45) is 1.69. The van der Waals surface area contributed by atoms with Crippen molar-refractivity contribution in [2.24, 2.45) is 0 Å². The molecule has 72 valence electrons. The number of hydrogen-bond donors (Lipinski definition) is 0. The lowest BCUT2D eigenvalue weighted by atomic mass is 10.0. The Balaban J connectivity index is 2.71. The van der Waals surface area contributed by atoms with Gasteiger partial charge in [0.2, 0.25) is 0 Å². The number of aryl methyl sites for hydroxylation is 1. The molecule has 0 amide bonds. The van der Waals surface area contributed by atoms with Crippen molar-refractivity contribution in [2.75, 3.05) is 0 Å².